The topological polar surface area (TPSA) is 184 Å². The number of carboxylic acids is 2. The highest BCUT2D eigenvalue weighted by molar-refractivity contribution is 6.08. The molecule has 10 nitrogen and oxygen atoms in total. The van der Waals surface area contributed by atoms with Crippen LogP contribution in [0.4, 0.5) is 18.9 Å². The molecule has 4 rings (SSSR count). The summed E-state index contributed by atoms with van der Waals surface area (Å²) in [6.07, 6.45) is -1.64. The van der Waals surface area contributed by atoms with Crippen molar-refractivity contribution in [2.24, 2.45) is 11.5 Å². The maximum absolute atomic E-state index is 12.6. The molecule has 41 heavy (non-hydrogen) atoms. The van der Waals surface area contributed by atoms with Gasteiger partial charge in [-0.25, -0.2) is 4.79 Å². The van der Waals surface area contributed by atoms with E-state index in [-0.39, 0.29) is 11.7 Å². The minimum Gasteiger partial charge on any atom is -0.508 e. The van der Waals surface area contributed by atoms with Crippen LogP contribution in [0.3, 0.4) is 0 Å². The van der Waals surface area contributed by atoms with Crippen molar-refractivity contribution < 1.29 is 47.7 Å². The molecule has 0 bridgehead atoms. The number of carboxylic acid groups (broad SMARTS) is 2. The van der Waals surface area contributed by atoms with E-state index in [4.69, 9.17) is 26.5 Å². The van der Waals surface area contributed by atoms with Crippen LogP contribution in [-0.2, 0) is 29.0 Å². The second-order valence-electron chi connectivity index (χ2n) is 8.71. The lowest BCUT2D eigenvalue weighted by Crippen LogP contribution is -2.35. The van der Waals surface area contributed by atoms with E-state index >= 15 is 0 Å². The number of anilines is 1. The second kappa shape index (κ2) is 14.5. The molecule has 0 fully saturated rings. The summed E-state index contributed by atoms with van der Waals surface area (Å²) < 4.78 is 31.7. The zero-order valence-corrected chi connectivity index (χ0v) is 21.6. The molecule has 0 saturated carbocycles. The lowest BCUT2D eigenvalue weighted by atomic mass is 10.1. The Morgan fingerprint density at radius 1 is 0.854 bits per heavy atom. The van der Waals surface area contributed by atoms with Crippen LogP contribution in [0.15, 0.2) is 66.7 Å². The summed E-state index contributed by atoms with van der Waals surface area (Å²) in [7, 11) is 0. The number of hydrogen-bond donors (Lipinski definition) is 5. The zero-order chi connectivity index (χ0) is 30.7. The highest BCUT2D eigenvalue weighted by atomic mass is 19.4. The van der Waals surface area contributed by atoms with Crippen molar-refractivity contribution in [3.05, 3.63) is 94.5 Å². The summed E-state index contributed by atoms with van der Waals surface area (Å²) >= 11 is 0. The van der Waals surface area contributed by atoms with E-state index in [2.05, 4.69) is 0 Å². The molecule has 1 aliphatic carbocycles. The number of halogens is 3. The Balaban J connectivity index is 0.000000257. The summed E-state index contributed by atoms with van der Waals surface area (Å²) in [5, 5.41) is 25.5. The maximum atomic E-state index is 12.6. The van der Waals surface area contributed by atoms with Crippen molar-refractivity contribution in [2.75, 3.05) is 11.4 Å². The van der Waals surface area contributed by atoms with E-state index < -0.39 is 30.6 Å². The quantitative estimate of drug-likeness (QED) is 0.296. The van der Waals surface area contributed by atoms with Crippen LogP contribution in [0, 0.1) is 0 Å². The van der Waals surface area contributed by atoms with E-state index in [1.54, 1.807) is 24.3 Å². The van der Waals surface area contributed by atoms with E-state index in [0.717, 1.165) is 23.3 Å². The number of hydrogen-bond acceptors (Lipinski definition) is 6. The van der Waals surface area contributed by atoms with Crippen molar-refractivity contribution in [1.82, 2.24) is 0 Å². The number of aryl methyl sites for hydroxylation is 2. The summed E-state index contributed by atoms with van der Waals surface area (Å²) in [6, 6.07) is 18.3. The van der Waals surface area contributed by atoms with Crippen molar-refractivity contribution in [3.63, 3.8) is 0 Å². The van der Waals surface area contributed by atoms with Gasteiger partial charge >= 0.3 is 18.1 Å². The fourth-order valence-corrected chi connectivity index (χ4v) is 3.76. The molecule has 13 heteroatoms. The fourth-order valence-electron chi connectivity index (χ4n) is 3.76. The molecule has 3 aromatic carbocycles. The number of alkyl halides is 3. The Morgan fingerprint density at radius 3 is 2.00 bits per heavy atom. The number of aromatic hydroxyl groups is 1. The SMILES string of the molecule is NC(=O)c1ccc2c(c1)CCC2.NCc1cccc(C(=O)N(CC(=O)O)c2ccc(O)cc2)c1.O=C(O)C(F)(F)F. The van der Waals surface area contributed by atoms with Gasteiger partial charge < -0.3 is 26.8 Å². The average Bonchev–Trinajstić information content (AvgIpc) is 3.40. The Hall–Kier alpha value is -4.91. The Morgan fingerprint density at radius 2 is 1.46 bits per heavy atom. The first-order valence-electron chi connectivity index (χ1n) is 12.1. The van der Waals surface area contributed by atoms with Gasteiger partial charge in [-0.05, 0) is 84.5 Å². The van der Waals surface area contributed by atoms with E-state index in [1.807, 2.05) is 18.2 Å². The lowest BCUT2D eigenvalue weighted by molar-refractivity contribution is -0.192. The van der Waals surface area contributed by atoms with Crippen molar-refractivity contribution >= 4 is 29.4 Å². The summed E-state index contributed by atoms with van der Waals surface area (Å²) in [5.41, 5.74) is 15.6. The minimum absolute atomic E-state index is 0.0385. The number of primary amides is 1. The molecule has 0 radical (unpaired) electrons. The summed E-state index contributed by atoms with van der Waals surface area (Å²) in [6.45, 7) is -0.185. The second-order valence-corrected chi connectivity index (χ2v) is 8.71. The molecule has 0 aliphatic heterocycles. The van der Waals surface area contributed by atoms with Crippen LogP contribution in [0.25, 0.3) is 0 Å². The van der Waals surface area contributed by atoms with Crippen LogP contribution >= 0.6 is 0 Å². The minimum atomic E-state index is -5.08. The maximum Gasteiger partial charge on any atom is 0.490 e. The molecule has 0 aromatic heterocycles. The molecule has 0 atom stereocenters. The largest absolute Gasteiger partial charge is 0.508 e. The molecule has 3 aromatic rings. The summed E-state index contributed by atoms with van der Waals surface area (Å²) in [4.78, 5) is 44.5. The van der Waals surface area contributed by atoms with Gasteiger partial charge in [0.25, 0.3) is 5.91 Å². The van der Waals surface area contributed by atoms with Crippen molar-refractivity contribution in [1.29, 1.82) is 0 Å². The van der Waals surface area contributed by atoms with E-state index in [9.17, 15) is 32.7 Å². The number of rotatable bonds is 6. The third-order valence-corrected chi connectivity index (χ3v) is 5.74. The standard InChI is InChI=1S/C16H16N2O4.C10H11NO.C2HF3O2/c17-9-11-2-1-3-12(8-11)16(22)18(10-15(20)21)13-4-6-14(19)7-5-13;11-10(12)9-5-4-7-2-1-3-8(7)6-9;3-2(4,5)1(6)7/h1-8,19H,9-10,17H2,(H,20,21);4-6H,1-3H2,(H2,11,12);(H,6,7). The third-order valence-electron chi connectivity index (χ3n) is 5.74. The first-order valence-corrected chi connectivity index (χ1v) is 12.1. The van der Waals surface area contributed by atoms with Crippen molar-refractivity contribution in [3.8, 4) is 5.75 Å². The third kappa shape index (κ3) is 9.97. The van der Waals surface area contributed by atoms with Gasteiger partial charge in [0.2, 0.25) is 5.91 Å². The number of nitrogens with zero attached hydrogens (tertiary/aromatic N) is 1. The predicted molar refractivity (Wildman–Crippen MR) is 142 cm³/mol. The van der Waals surface area contributed by atoms with Crippen LogP contribution in [0.1, 0.15) is 43.8 Å². The van der Waals surface area contributed by atoms with Gasteiger partial charge in [0.05, 0.1) is 0 Å². The molecule has 7 N–H and O–H groups in total. The Labute approximate surface area is 232 Å². The Kier molecular flexibility index (Phi) is 11.4. The van der Waals surface area contributed by atoms with E-state index in [0.29, 0.717) is 23.4 Å². The average molecular weight is 576 g/mol. The summed E-state index contributed by atoms with van der Waals surface area (Å²) in [5.74, 6) is -4.62. The highest BCUT2D eigenvalue weighted by Gasteiger charge is 2.38. The van der Waals surface area contributed by atoms with Gasteiger partial charge in [0, 0.05) is 23.4 Å². The fraction of sp³-hybridized carbons (Fsp3) is 0.214. The van der Waals surface area contributed by atoms with Crippen molar-refractivity contribution in [2.45, 2.75) is 32.0 Å². The predicted octanol–water partition coefficient (Wildman–Crippen LogP) is 3.49. The molecular formula is C28H28F3N3O7. The molecule has 1 aliphatic rings. The van der Waals surface area contributed by atoms with Gasteiger partial charge in [-0.3, -0.25) is 19.3 Å². The van der Waals surface area contributed by atoms with E-state index in [1.165, 1.54) is 41.8 Å². The van der Waals surface area contributed by atoms with Gasteiger partial charge in [0.15, 0.2) is 0 Å². The van der Waals surface area contributed by atoms with Crippen LogP contribution in [0.5, 0.6) is 5.75 Å². The number of nitrogens with two attached hydrogens (primary N) is 2. The first-order chi connectivity index (χ1) is 19.2. The number of phenolic OH excluding ortho intramolecular Hbond substituents is 1. The first kappa shape index (κ1) is 32.3. The molecule has 0 saturated heterocycles. The highest BCUT2D eigenvalue weighted by Crippen LogP contribution is 2.23. The number of amides is 2. The number of phenols is 1. The molecule has 2 amide bonds. The van der Waals surface area contributed by atoms with Gasteiger partial charge in [0.1, 0.15) is 12.3 Å². The molecular weight excluding hydrogens is 547 g/mol. The van der Waals surface area contributed by atoms with Crippen LogP contribution in [0.2, 0.25) is 0 Å². The Bertz CT molecular complexity index is 1390. The normalized spacial score (nSPS) is 11.6. The zero-order valence-electron chi connectivity index (χ0n) is 21.6. The number of aliphatic carboxylic acids is 2. The number of carbonyl (C=O) groups excluding carboxylic acids is 2. The van der Waals surface area contributed by atoms with Gasteiger partial charge in [-0.1, -0.05) is 18.2 Å². The van der Waals surface area contributed by atoms with Crippen LogP contribution < -0.4 is 16.4 Å². The smallest absolute Gasteiger partial charge is 0.490 e. The van der Waals surface area contributed by atoms with Crippen LogP contribution in [-0.4, -0.2) is 51.8 Å². The molecule has 0 unspecified atom stereocenters. The number of carbonyl (C=O) groups is 4. The monoisotopic (exact) mass is 575 g/mol. The lowest BCUT2D eigenvalue weighted by Gasteiger charge is -2.21. The van der Waals surface area contributed by atoms with Gasteiger partial charge in [-0.15, -0.1) is 0 Å². The molecule has 0 heterocycles. The number of fused-ring (bicyclic) bond motifs is 1. The van der Waals surface area contributed by atoms with Gasteiger partial charge in [-0.2, -0.15) is 13.2 Å². The molecule has 0 spiro atoms. The number of benzene rings is 3. The molecule has 218 valence electrons.